The van der Waals surface area contributed by atoms with Crippen molar-refractivity contribution in [2.75, 3.05) is 0 Å². The van der Waals surface area contributed by atoms with Crippen LogP contribution in [0.2, 0.25) is 0 Å². The molecule has 0 heterocycles. The zero-order chi connectivity index (χ0) is 29.4. The normalized spacial score (nSPS) is 22.0. The van der Waals surface area contributed by atoms with Gasteiger partial charge < -0.3 is 0 Å². The molecule has 6 rings (SSSR count). The first kappa shape index (κ1) is 29.2. The van der Waals surface area contributed by atoms with E-state index in [-0.39, 0.29) is 0 Å². The Morgan fingerprint density at radius 3 is 1.42 bits per heavy atom. The van der Waals surface area contributed by atoms with Crippen LogP contribution in [0, 0.1) is 23.2 Å². The van der Waals surface area contributed by atoms with Crippen LogP contribution in [0.3, 0.4) is 0 Å². The van der Waals surface area contributed by atoms with E-state index in [1.165, 1.54) is 110 Å². The summed E-state index contributed by atoms with van der Waals surface area (Å²) in [4.78, 5) is 0. The van der Waals surface area contributed by atoms with E-state index < -0.39 is 0 Å². The summed E-state index contributed by atoms with van der Waals surface area (Å²) in [7, 11) is 0. The van der Waals surface area contributed by atoms with Gasteiger partial charge >= 0.3 is 0 Å². The van der Waals surface area contributed by atoms with Crippen molar-refractivity contribution in [3.05, 3.63) is 132 Å². The summed E-state index contributed by atoms with van der Waals surface area (Å²) in [6, 6.07) is 38.0. The molecular weight excluding hydrogens is 518 g/mol. The quantitative estimate of drug-likeness (QED) is 0.186. The first-order valence-electron chi connectivity index (χ1n) is 16.6. The highest BCUT2D eigenvalue weighted by Crippen LogP contribution is 2.39. The molecule has 4 aromatic rings. The Kier molecular flexibility index (Phi) is 9.54. The summed E-state index contributed by atoms with van der Waals surface area (Å²) in [6.45, 7) is 3.93. The molecule has 218 valence electrons. The van der Waals surface area contributed by atoms with Crippen LogP contribution in [0.15, 0.2) is 110 Å². The Morgan fingerprint density at radius 2 is 0.977 bits per heavy atom. The Labute approximate surface area is 259 Å². The zero-order valence-electron chi connectivity index (χ0n) is 25.6. The molecule has 0 aromatic heterocycles. The van der Waals surface area contributed by atoms with E-state index in [4.69, 9.17) is 5.26 Å². The van der Waals surface area contributed by atoms with Gasteiger partial charge in [0.1, 0.15) is 0 Å². The van der Waals surface area contributed by atoms with Crippen LogP contribution in [0.5, 0.6) is 0 Å². The van der Waals surface area contributed by atoms with Crippen LogP contribution in [0.1, 0.15) is 98.3 Å². The Balaban J connectivity index is 0.952. The van der Waals surface area contributed by atoms with Crippen LogP contribution < -0.4 is 0 Å². The highest BCUT2D eigenvalue weighted by atomic mass is 14.3. The molecular formula is C42H45N. The van der Waals surface area contributed by atoms with Crippen LogP contribution in [0.25, 0.3) is 22.3 Å². The average Bonchev–Trinajstić information content (AvgIpc) is 3.09. The van der Waals surface area contributed by atoms with Crippen molar-refractivity contribution >= 4 is 0 Å². The van der Waals surface area contributed by atoms with Crippen molar-refractivity contribution in [2.24, 2.45) is 11.8 Å². The number of nitriles is 1. The standard InChI is InChI=1S/C42H45N/c1-2-3-31-6-14-35(15-7-31)39-22-24-40(25-23-39)36-16-8-32(9-17-36)4-5-33-10-18-37(19-11-33)41-26-28-42(29-27-41)38-20-12-34(30-43)13-21-38/h2,8-9,12-13,16-17,20-29,31,33,35,37H,1,3-7,10-11,14-15,18-19H2/t31-,33?,35-,37?. The molecule has 43 heavy (non-hydrogen) atoms. The minimum Gasteiger partial charge on any atom is -0.192 e. The predicted octanol–water partition coefficient (Wildman–Crippen LogP) is 11.6. The van der Waals surface area contributed by atoms with E-state index in [1.54, 1.807) is 0 Å². The van der Waals surface area contributed by atoms with E-state index in [0.29, 0.717) is 11.5 Å². The summed E-state index contributed by atoms with van der Waals surface area (Å²) < 4.78 is 0. The first-order chi connectivity index (χ1) is 21.2. The molecule has 0 N–H and O–H groups in total. The largest absolute Gasteiger partial charge is 0.192 e. The average molecular weight is 564 g/mol. The smallest absolute Gasteiger partial charge is 0.0991 e. The van der Waals surface area contributed by atoms with E-state index in [0.717, 1.165) is 17.8 Å². The second kappa shape index (κ2) is 14.1. The number of hydrogen-bond acceptors (Lipinski definition) is 1. The van der Waals surface area contributed by atoms with Crippen molar-refractivity contribution in [2.45, 2.75) is 82.5 Å². The summed E-state index contributed by atoms with van der Waals surface area (Å²) in [6.07, 6.45) is 16.4. The third-order valence-electron chi connectivity index (χ3n) is 10.4. The van der Waals surface area contributed by atoms with Crippen molar-refractivity contribution in [3.63, 3.8) is 0 Å². The molecule has 1 heteroatoms. The van der Waals surface area contributed by atoms with Gasteiger partial charge in [0.25, 0.3) is 0 Å². The van der Waals surface area contributed by atoms with Gasteiger partial charge in [0.2, 0.25) is 0 Å². The van der Waals surface area contributed by atoms with Gasteiger partial charge in [-0.05, 0) is 145 Å². The number of nitrogens with zero attached hydrogens (tertiary/aromatic N) is 1. The lowest BCUT2D eigenvalue weighted by Crippen LogP contribution is -2.14. The van der Waals surface area contributed by atoms with Crippen molar-refractivity contribution in [3.8, 4) is 28.3 Å². The van der Waals surface area contributed by atoms with E-state index in [9.17, 15) is 0 Å². The molecule has 0 bridgehead atoms. The molecule has 0 radical (unpaired) electrons. The Bertz CT molecular complexity index is 1490. The lowest BCUT2D eigenvalue weighted by molar-refractivity contribution is 0.310. The molecule has 0 amide bonds. The zero-order valence-corrected chi connectivity index (χ0v) is 25.6. The number of allylic oxidation sites excluding steroid dienone is 1. The van der Waals surface area contributed by atoms with Crippen LogP contribution in [-0.2, 0) is 6.42 Å². The molecule has 0 spiro atoms. The number of benzene rings is 4. The van der Waals surface area contributed by atoms with Gasteiger partial charge in [-0.3, -0.25) is 0 Å². The van der Waals surface area contributed by atoms with Gasteiger partial charge in [-0.2, -0.15) is 5.26 Å². The van der Waals surface area contributed by atoms with Crippen molar-refractivity contribution < 1.29 is 0 Å². The van der Waals surface area contributed by atoms with Gasteiger partial charge in [0.05, 0.1) is 11.6 Å². The monoisotopic (exact) mass is 563 g/mol. The van der Waals surface area contributed by atoms with Gasteiger partial charge in [0.15, 0.2) is 0 Å². The lowest BCUT2D eigenvalue weighted by atomic mass is 9.76. The summed E-state index contributed by atoms with van der Waals surface area (Å²) >= 11 is 0. The first-order valence-corrected chi connectivity index (χ1v) is 16.6. The molecule has 2 fully saturated rings. The summed E-state index contributed by atoms with van der Waals surface area (Å²) in [5, 5.41) is 9.04. The van der Waals surface area contributed by atoms with Crippen LogP contribution in [0.4, 0.5) is 0 Å². The molecule has 0 saturated heterocycles. The van der Waals surface area contributed by atoms with Gasteiger partial charge in [-0.15, -0.1) is 6.58 Å². The molecule has 2 aliphatic rings. The van der Waals surface area contributed by atoms with E-state index >= 15 is 0 Å². The van der Waals surface area contributed by atoms with Crippen molar-refractivity contribution in [1.82, 2.24) is 0 Å². The van der Waals surface area contributed by atoms with Crippen LogP contribution in [-0.4, -0.2) is 0 Å². The Morgan fingerprint density at radius 1 is 0.558 bits per heavy atom. The third kappa shape index (κ3) is 7.37. The predicted molar refractivity (Wildman–Crippen MR) is 181 cm³/mol. The molecule has 0 atom stereocenters. The molecule has 0 unspecified atom stereocenters. The van der Waals surface area contributed by atoms with E-state index in [1.807, 2.05) is 24.3 Å². The second-order valence-electron chi connectivity index (χ2n) is 13.1. The summed E-state index contributed by atoms with van der Waals surface area (Å²) in [5.41, 5.74) is 10.2. The maximum atomic E-state index is 9.04. The number of rotatable bonds is 9. The fraction of sp³-hybridized carbons (Fsp3) is 0.357. The highest BCUT2D eigenvalue weighted by Gasteiger charge is 2.23. The number of hydrogen-bond donors (Lipinski definition) is 0. The lowest BCUT2D eigenvalue weighted by Gasteiger charge is -2.29. The SMILES string of the molecule is C=CC[C@H]1CC[C@H](c2ccc(-c3ccc(CCC4CCC(c5ccc(-c6ccc(C#N)cc6)cc5)CC4)cc3)cc2)CC1. The maximum absolute atomic E-state index is 9.04. The second-order valence-corrected chi connectivity index (χ2v) is 13.1. The fourth-order valence-corrected chi connectivity index (χ4v) is 7.62. The molecule has 2 aliphatic carbocycles. The summed E-state index contributed by atoms with van der Waals surface area (Å²) in [5.74, 6) is 3.11. The van der Waals surface area contributed by atoms with Gasteiger partial charge in [-0.25, -0.2) is 0 Å². The minimum absolute atomic E-state index is 0.684. The van der Waals surface area contributed by atoms with E-state index in [2.05, 4.69) is 91.5 Å². The maximum Gasteiger partial charge on any atom is 0.0991 e. The van der Waals surface area contributed by atoms with Crippen molar-refractivity contribution in [1.29, 1.82) is 5.26 Å². The number of aryl methyl sites for hydroxylation is 1. The van der Waals surface area contributed by atoms with Crippen LogP contribution >= 0.6 is 0 Å². The molecule has 4 aromatic carbocycles. The minimum atomic E-state index is 0.684. The molecule has 0 aliphatic heterocycles. The third-order valence-corrected chi connectivity index (χ3v) is 10.4. The molecule has 2 saturated carbocycles. The Hall–Kier alpha value is -3.89. The van der Waals surface area contributed by atoms with Gasteiger partial charge in [-0.1, -0.05) is 91.0 Å². The molecule has 1 nitrogen and oxygen atoms in total. The topological polar surface area (TPSA) is 23.8 Å². The highest BCUT2D eigenvalue weighted by molar-refractivity contribution is 5.65. The fourth-order valence-electron chi connectivity index (χ4n) is 7.62. The van der Waals surface area contributed by atoms with Gasteiger partial charge in [0, 0.05) is 0 Å².